The quantitative estimate of drug-likeness (QED) is 0.499. The number of rotatable bonds is 1. The second kappa shape index (κ2) is 3.35. The van der Waals surface area contributed by atoms with Gasteiger partial charge in [0.25, 0.3) is 5.69 Å². The molecule has 0 fully saturated rings. The Kier molecular flexibility index (Phi) is 2.31. The first-order valence-electron chi connectivity index (χ1n) is 3.64. The second-order valence-corrected chi connectivity index (χ2v) is 4.64. The Bertz CT molecular complexity index is 523. The molecule has 1 heterocycles. The first kappa shape index (κ1) is 9.66. The Hall–Kier alpha value is -0.890. The third-order valence-electron chi connectivity index (χ3n) is 1.83. The summed E-state index contributed by atoms with van der Waals surface area (Å²) >= 11 is 3.29. The summed E-state index contributed by atoms with van der Waals surface area (Å²) in [5.74, 6) is -0.0258. The normalized spacial score (nSPS) is 10.6. The maximum absolute atomic E-state index is 10.6. The summed E-state index contributed by atoms with van der Waals surface area (Å²) in [5.41, 5.74) is -0.0472. The largest absolute Gasteiger partial charge is 0.506 e. The molecule has 2 aromatic rings. The van der Waals surface area contributed by atoms with E-state index in [-0.39, 0.29) is 11.4 Å². The number of nitro groups is 1. The lowest BCUT2D eigenvalue weighted by molar-refractivity contribution is -0.385. The van der Waals surface area contributed by atoms with E-state index in [4.69, 9.17) is 0 Å². The first-order valence-corrected chi connectivity index (χ1v) is 5.60. The minimum Gasteiger partial charge on any atom is -0.506 e. The van der Waals surface area contributed by atoms with E-state index < -0.39 is 4.92 Å². The smallest absolute Gasteiger partial charge is 0.287 e. The molecule has 2 rings (SSSR count). The van der Waals surface area contributed by atoms with Crippen molar-refractivity contribution >= 4 is 49.7 Å². The third-order valence-corrected chi connectivity index (χ3v) is 3.90. The number of halogens is 1. The molecule has 0 aliphatic rings. The van der Waals surface area contributed by atoms with Crippen LogP contribution in [0.25, 0.3) is 10.1 Å². The molecule has 72 valence electrons. The molecule has 0 aliphatic carbocycles. The fourth-order valence-corrected chi connectivity index (χ4v) is 3.01. The number of phenols is 1. The molecule has 14 heavy (non-hydrogen) atoms. The van der Waals surface area contributed by atoms with Crippen LogP contribution in [0.2, 0.25) is 0 Å². The maximum Gasteiger partial charge on any atom is 0.287 e. The fraction of sp³-hybridized carbons (Fsp3) is 0. The topological polar surface area (TPSA) is 63.4 Å². The van der Waals surface area contributed by atoms with Crippen LogP contribution in [0.3, 0.4) is 0 Å². The van der Waals surface area contributed by atoms with E-state index in [2.05, 4.69) is 0 Å². The highest BCUT2D eigenvalue weighted by Gasteiger charge is 2.18. The molecule has 1 aromatic carbocycles. The Balaban J connectivity index is 2.88. The predicted molar refractivity (Wildman–Crippen MR) is 62.9 cm³/mol. The van der Waals surface area contributed by atoms with Gasteiger partial charge in [-0.1, -0.05) is 0 Å². The zero-order valence-corrected chi connectivity index (χ0v) is 9.70. The lowest BCUT2D eigenvalue weighted by Gasteiger charge is -1.99. The molecule has 0 amide bonds. The average molecular weight is 321 g/mol. The third kappa shape index (κ3) is 1.34. The van der Waals surface area contributed by atoms with Gasteiger partial charge in [0.1, 0.15) is 5.75 Å². The van der Waals surface area contributed by atoms with Crippen molar-refractivity contribution in [2.24, 2.45) is 0 Å². The molecule has 0 radical (unpaired) electrons. The van der Waals surface area contributed by atoms with E-state index in [1.807, 2.05) is 22.6 Å². The van der Waals surface area contributed by atoms with Crippen LogP contribution in [0.15, 0.2) is 17.5 Å². The number of nitro benzene ring substituents is 1. The Morgan fingerprint density at radius 3 is 2.93 bits per heavy atom. The van der Waals surface area contributed by atoms with E-state index in [1.165, 1.54) is 17.4 Å². The lowest BCUT2D eigenvalue weighted by Crippen LogP contribution is -1.91. The van der Waals surface area contributed by atoms with Gasteiger partial charge >= 0.3 is 0 Å². The molecule has 0 aliphatic heterocycles. The summed E-state index contributed by atoms with van der Waals surface area (Å²) < 4.78 is 1.27. The molecule has 1 aromatic heterocycles. The van der Waals surface area contributed by atoms with Crippen molar-refractivity contribution in [2.75, 3.05) is 0 Å². The SMILES string of the molecule is O=[N+]([O-])c1cc(O)c2sccc2c1I. The Labute approximate surface area is 96.5 Å². The van der Waals surface area contributed by atoms with Gasteiger partial charge in [0.05, 0.1) is 19.3 Å². The van der Waals surface area contributed by atoms with E-state index in [0.717, 1.165) is 5.39 Å². The van der Waals surface area contributed by atoms with Crippen molar-refractivity contribution in [2.45, 2.75) is 0 Å². The summed E-state index contributed by atoms with van der Waals surface area (Å²) in [6, 6.07) is 2.97. The zero-order chi connectivity index (χ0) is 10.3. The van der Waals surface area contributed by atoms with Crippen LogP contribution in [0.4, 0.5) is 5.69 Å². The molecule has 0 unspecified atom stereocenters. The maximum atomic E-state index is 10.6. The van der Waals surface area contributed by atoms with E-state index in [0.29, 0.717) is 8.27 Å². The van der Waals surface area contributed by atoms with E-state index in [1.54, 1.807) is 11.4 Å². The number of nitrogens with zero attached hydrogens (tertiary/aromatic N) is 1. The monoisotopic (exact) mass is 321 g/mol. The molecular weight excluding hydrogens is 317 g/mol. The van der Waals surface area contributed by atoms with Crippen LogP contribution in [0.5, 0.6) is 5.75 Å². The highest BCUT2D eigenvalue weighted by Crippen LogP contribution is 2.38. The van der Waals surface area contributed by atoms with Crippen LogP contribution in [-0.4, -0.2) is 10.0 Å². The van der Waals surface area contributed by atoms with Gasteiger partial charge in [0.15, 0.2) is 0 Å². The number of thiophene rings is 1. The number of hydrogen-bond acceptors (Lipinski definition) is 4. The molecule has 1 N–H and O–H groups in total. The molecule has 6 heteroatoms. The van der Waals surface area contributed by atoms with Crippen molar-refractivity contribution < 1.29 is 10.0 Å². The summed E-state index contributed by atoms with van der Waals surface area (Å²) in [6.45, 7) is 0. The van der Waals surface area contributed by atoms with Crippen LogP contribution in [0, 0.1) is 13.7 Å². The molecular formula is C8H4INO3S. The molecule has 0 spiro atoms. The standard InChI is InChI=1S/C8H4INO3S/c9-7-4-1-2-14-8(4)6(11)3-5(7)10(12)13/h1-3,11H. The Morgan fingerprint density at radius 2 is 2.29 bits per heavy atom. The summed E-state index contributed by atoms with van der Waals surface area (Å²) in [4.78, 5) is 10.1. The van der Waals surface area contributed by atoms with Gasteiger partial charge in [-0.25, -0.2) is 0 Å². The summed E-state index contributed by atoms with van der Waals surface area (Å²) in [7, 11) is 0. The van der Waals surface area contributed by atoms with E-state index in [9.17, 15) is 15.2 Å². The molecule has 4 nitrogen and oxygen atoms in total. The van der Waals surface area contributed by atoms with Crippen molar-refractivity contribution in [3.63, 3.8) is 0 Å². The fourth-order valence-electron chi connectivity index (χ4n) is 1.21. The minimum absolute atomic E-state index is 0.0258. The van der Waals surface area contributed by atoms with Crippen LogP contribution >= 0.6 is 33.9 Å². The second-order valence-electron chi connectivity index (χ2n) is 2.65. The number of fused-ring (bicyclic) bond motifs is 1. The molecule has 0 bridgehead atoms. The number of benzene rings is 1. The van der Waals surface area contributed by atoms with Gasteiger partial charge in [0.2, 0.25) is 0 Å². The van der Waals surface area contributed by atoms with Crippen LogP contribution < -0.4 is 0 Å². The van der Waals surface area contributed by atoms with Crippen molar-refractivity contribution in [3.05, 3.63) is 31.2 Å². The van der Waals surface area contributed by atoms with E-state index >= 15 is 0 Å². The van der Waals surface area contributed by atoms with Crippen LogP contribution in [-0.2, 0) is 0 Å². The van der Waals surface area contributed by atoms with Gasteiger partial charge in [-0.3, -0.25) is 10.1 Å². The summed E-state index contributed by atoms with van der Waals surface area (Å²) in [5, 5.41) is 22.7. The highest BCUT2D eigenvalue weighted by molar-refractivity contribution is 14.1. The first-order chi connectivity index (χ1) is 6.61. The molecule has 0 saturated heterocycles. The number of hydrogen-bond donors (Lipinski definition) is 1. The Morgan fingerprint density at radius 1 is 1.57 bits per heavy atom. The summed E-state index contributed by atoms with van der Waals surface area (Å²) in [6.07, 6.45) is 0. The predicted octanol–water partition coefficient (Wildman–Crippen LogP) is 3.12. The minimum atomic E-state index is -0.487. The van der Waals surface area contributed by atoms with Crippen LogP contribution in [0.1, 0.15) is 0 Å². The van der Waals surface area contributed by atoms with Gasteiger partial charge in [-0.2, -0.15) is 0 Å². The molecule has 0 saturated carbocycles. The van der Waals surface area contributed by atoms with Gasteiger partial charge in [-0.05, 0) is 34.0 Å². The number of aromatic hydroxyl groups is 1. The van der Waals surface area contributed by atoms with Gasteiger partial charge in [-0.15, -0.1) is 11.3 Å². The van der Waals surface area contributed by atoms with Gasteiger partial charge in [0, 0.05) is 5.39 Å². The number of phenolic OH excluding ortho intramolecular Hbond substituents is 1. The molecule has 0 atom stereocenters. The van der Waals surface area contributed by atoms with Crippen molar-refractivity contribution in [1.82, 2.24) is 0 Å². The highest BCUT2D eigenvalue weighted by atomic mass is 127. The average Bonchev–Trinajstić information content (AvgIpc) is 2.59. The lowest BCUT2D eigenvalue weighted by atomic mass is 10.2. The zero-order valence-electron chi connectivity index (χ0n) is 6.73. The van der Waals surface area contributed by atoms with Gasteiger partial charge < -0.3 is 5.11 Å². The van der Waals surface area contributed by atoms with Crippen molar-refractivity contribution in [1.29, 1.82) is 0 Å². The van der Waals surface area contributed by atoms with Crippen molar-refractivity contribution in [3.8, 4) is 5.75 Å².